The molecule has 2 unspecified atom stereocenters. The van der Waals surface area contributed by atoms with Crippen molar-refractivity contribution in [2.24, 2.45) is 11.8 Å². The average Bonchev–Trinajstić information content (AvgIpc) is 3.05. The van der Waals surface area contributed by atoms with Gasteiger partial charge >= 0.3 is 0 Å². The number of ether oxygens (including phenoxy) is 1. The predicted octanol–water partition coefficient (Wildman–Crippen LogP) is 3.59. The third-order valence-corrected chi connectivity index (χ3v) is 3.77. The first-order valence-electron chi connectivity index (χ1n) is 6.82. The summed E-state index contributed by atoms with van der Waals surface area (Å²) in [5.41, 5.74) is 2.02. The van der Waals surface area contributed by atoms with E-state index in [2.05, 4.69) is 33.0 Å². The van der Waals surface area contributed by atoms with Crippen molar-refractivity contribution >= 4 is 11.6 Å². The highest BCUT2D eigenvalue weighted by molar-refractivity contribution is 5.95. The summed E-state index contributed by atoms with van der Waals surface area (Å²) in [7, 11) is 1.63. The van der Waals surface area contributed by atoms with E-state index in [1.807, 2.05) is 18.2 Å². The van der Waals surface area contributed by atoms with Gasteiger partial charge in [0.2, 0.25) is 5.91 Å². The molecule has 2 atom stereocenters. The van der Waals surface area contributed by atoms with Crippen LogP contribution in [0.15, 0.2) is 18.2 Å². The fourth-order valence-electron chi connectivity index (χ4n) is 2.19. The Hall–Kier alpha value is -1.51. The molecular weight excluding hydrogens is 238 g/mol. The molecule has 0 aromatic heterocycles. The van der Waals surface area contributed by atoms with Gasteiger partial charge in [-0.2, -0.15) is 0 Å². The lowest BCUT2D eigenvalue weighted by molar-refractivity contribution is -0.117. The Morgan fingerprint density at radius 1 is 1.37 bits per heavy atom. The van der Waals surface area contributed by atoms with Crippen LogP contribution in [0.5, 0.6) is 5.75 Å². The van der Waals surface area contributed by atoms with Crippen molar-refractivity contribution in [1.82, 2.24) is 0 Å². The highest BCUT2D eigenvalue weighted by atomic mass is 16.5. The number of anilines is 1. The van der Waals surface area contributed by atoms with Crippen LogP contribution in [-0.2, 0) is 10.2 Å². The molecule has 0 spiro atoms. The summed E-state index contributed by atoms with van der Waals surface area (Å²) in [6.45, 7) is 8.57. The van der Waals surface area contributed by atoms with E-state index in [1.165, 1.54) is 5.56 Å². The van der Waals surface area contributed by atoms with Crippen LogP contribution in [0.3, 0.4) is 0 Å². The van der Waals surface area contributed by atoms with E-state index in [0.29, 0.717) is 5.92 Å². The van der Waals surface area contributed by atoms with Gasteiger partial charge in [-0.15, -0.1) is 0 Å². The van der Waals surface area contributed by atoms with E-state index in [-0.39, 0.29) is 17.2 Å². The van der Waals surface area contributed by atoms with Crippen molar-refractivity contribution in [3.8, 4) is 5.75 Å². The van der Waals surface area contributed by atoms with Gasteiger partial charge in [-0.05, 0) is 35.4 Å². The van der Waals surface area contributed by atoms with Gasteiger partial charge in [-0.1, -0.05) is 33.8 Å². The Kier molecular flexibility index (Phi) is 3.57. The Morgan fingerprint density at radius 3 is 2.47 bits per heavy atom. The number of nitrogens with one attached hydrogen (secondary N) is 1. The Labute approximate surface area is 115 Å². The normalized spacial score (nSPS) is 21.9. The maximum absolute atomic E-state index is 12.0. The van der Waals surface area contributed by atoms with E-state index in [9.17, 15) is 4.79 Å². The second kappa shape index (κ2) is 4.87. The summed E-state index contributed by atoms with van der Waals surface area (Å²) in [6.07, 6.45) is 0.993. The van der Waals surface area contributed by atoms with Crippen LogP contribution in [-0.4, -0.2) is 13.0 Å². The molecule has 1 amide bonds. The molecule has 1 aromatic rings. The maximum Gasteiger partial charge on any atom is 0.227 e. The molecule has 0 saturated heterocycles. The molecule has 19 heavy (non-hydrogen) atoms. The standard InChI is InChI=1S/C16H23NO2/c1-10-8-12(10)15(18)17-13-9-11(16(2,3)4)6-7-14(13)19-5/h6-7,9-10,12H,8H2,1-5H3,(H,17,18). The Bertz CT molecular complexity index is 488. The molecular formula is C16H23NO2. The van der Waals surface area contributed by atoms with Crippen molar-refractivity contribution < 1.29 is 9.53 Å². The predicted molar refractivity (Wildman–Crippen MR) is 77.6 cm³/mol. The summed E-state index contributed by atoms with van der Waals surface area (Å²) < 4.78 is 5.33. The van der Waals surface area contributed by atoms with Gasteiger partial charge in [0.25, 0.3) is 0 Å². The Balaban J connectivity index is 2.23. The summed E-state index contributed by atoms with van der Waals surface area (Å²) in [5, 5.41) is 3.00. The van der Waals surface area contributed by atoms with E-state index in [0.717, 1.165) is 17.9 Å². The van der Waals surface area contributed by atoms with Crippen LogP contribution in [0.25, 0.3) is 0 Å². The number of methoxy groups -OCH3 is 1. The SMILES string of the molecule is COc1ccc(C(C)(C)C)cc1NC(=O)C1CC1C. The minimum absolute atomic E-state index is 0.0542. The number of amides is 1. The molecule has 1 fully saturated rings. The highest BCUT2D eigenvalue weighted by Gasteiger charge is 2.39. The molecule has 3 nitrogen and oxygen atoms in total. The molecule has 1 aliphatic carbocycles. The quantitative estimate of drug-likeness (QED) is 0.903. The van der Waals surface area contributed by atoms with Crippen molar-refractivity contribution in [2.45, 2.75) is 39.5 Å². The molecule has 1 aromatic carbocycles. The number of hydrogen-bond acceptors (Lipinski definition) is 2. The molecule has 104 valence electrons. The van der Waals surface area contributed by atoms with Crippen molar-refractivity contribution in [1.29, 1.82) is 0 Å². The molecule has 0 radical (unpaired) electrons. The summed E-state index contributed by atoms with van der Waals surface area (Å²) >= 11 is 0. The molecule has 1 saturated carbocycles. The zero-order valence-electron chi connectivity index (χ0n) is 12.4. The van der Waals surface area contributed by atoms with Crippen LogP contribution in [0.2, 0.25) is 0 Å². The van der Waals surface area contributed by atoms with Crippen molar-refractivity contribution in [3.63, 3.8) is 0 Å². The molecule has 1 N–H and O–H groups in total. The lowest BCUT2D eigenvalue weighted by atomic mass is 9.87. The fraction of sp³-hybridized carbons (Fsp3) is 0.562. The third kappa shape index (κ3) is 3.09. The second-order valence-electron chi connectivity index (χ2n) is 6.47. The van der Waals surface area contributed by atoms with Gasteiger partial charge in [0.05, 0.1) is 12.8 Å². The van der Waals surface area contributed by atoms with E-state index >= 15 is 0 Å². The molecule has 2 rings (SSSR count). The van der Waals surface area contributed by atoms with Gasteiger partial charge in [-0.25, -0.2) is 0 Å². The molecule has 0 bridgehead atoms. The number of rotatable bonds is 3. The van der Waals surface area contributed by atoms with Gasteiger partial charge < -0.3 is 10.1 Å². The molecule has 3 heteroatoms. The van der Waals surface area contributed by atoms with Crippen LogP contribution < -0.4 is 10.1 Å². The average molecular weight is 261 g/mol. The van der Waals surface area contributed by atoms with Gasteiger partial charge in [-0.3, -0.25) is 4.79 Å². The van der Waals surface area contributed by atoms with Gasteiger partial charge in [0, 0.05) is 5.92 Å². The lowest BCUT2D eigenvalue weighted by Gasteiger charge is -2.21. The molecule has 1 aliphatic rings. The number of carbonyl (C=O) groups excluding carboxylic acids is 1. The van der Waals surface area contributed by atoms with Crippen molar-refractivity contribution in [2.75, 3.05) is 12.4 Å². The van der Waals surface area contributed by atoms with E-state index in [1.54, 1.807) is 7.11 Å². The third-order valence-electron chi connectivity index (χ3n) is 3.77. The number of benzene rings is 1. The van der Waals surface area contributed by atoms with Crippen LogP contribution in [0.1, 0.15) is 39.7 Å². The summed E-state index contributed by atoms with van der Waals surface area (Å²) in [5.74, 6) is 1.51. The summed E-state index contributed by atoms with van der Waals surface area (Å²) in [4.78, 5) is 12.0. The van der Waals surface area contributed by atoms with Crippen molar-refractivity contribution in [3.05, 3.63) is 23.8 Å². The second-order valence-corrected chi connectivity index (χ2v) is 6.47. The maximum atomic E-state index is 12.0. The molecule has 0 heterocycles. The fourth-order valence-corrected chi connectivity index (χ4v) is 2.19. The van der Waals surface area contributed by atoms with E-state index < -0.39 is 0 Å². The highest BCUT2D eigenvalue weighted by Crippen LogP contribution is 2.39. The topological polar surface area (TPSA) is 38.3 Å². The number of carbonyl (C=O) groups is 1. The number of hydrogen-bond donors (Lipinski definition) is 1. The van der Waals surface area contributed by atoms with Gasteiger partial charge in [0.15, 0.2) is 0 Å². The zero-order valence-corrected chi connectivity index (χ0v) is 12.4. The first kappa shape index (κ1) is 13.9. The van der Waals surface area contributed by atoms with E-state index in [4.69, 9.17) is 4.74 Å². The minimum atomic E-state index is 0.0542. The zero-order chi connectivity index (χ0) is 14.2. The monoisotopic (exact) mass is 261 g/mol. The Morgan fingerprint density at radius 2 is 2.00 bits per heavy atom. The smallest absolute Gasteiger partial charge is 0.227 e. The minimum Gasteiger partial charge on any atom is -0.495 e. The lowest BCUT2D eigenvalue weighted by Crippen LogP contribution is -2.17. The first-order chi connectivity index (χ1) is 8.82. The largest absolute Gasteiger partial charge is 0.495 e. The molecule has 0 aliphatic heterocycles. The van der Waals surface area contributed by atoms with Crippen LogP contribution in [0.4, 0.5) is 5.69 Å². The van der Waals surface area contributed by atoms with Crippen LogP contribution in [0, 0.1) is 11.8 Å². The summed E-state index contributed by atoms with van der Waals surface area (Å²) in [6, 6.07) is 5.99. The first-order valence-corrected chi connectivity index (χ1v) is 6.82. The van der Waals surface area contributed by atoms with Gasteiger partial charge in [0.1, 0.15) is 5.75 Å². The van der Waals surface area contributed by atoms with Crippen LogP contribution >= 0.6 is 0 Å².